The molecule has 132 valence electrons. The minimum atomic E-state index is -0.0586. The molecule has 1 saturated carbocycles. The van der Waals surface area contributed by atoms with Gasteiger partial charge in [0.25, 0.3) is 0 Å². The summed E-state index contributed by atoms with van der Waals surface area (Å²) in [5, 5.41) is 8.08. The lowest BCUT2D eigenvalue weighted by atomic mass is 9.97. The first kappa shape index (κ1) is 16.1. The van der Waals surface area contributed by atoms with Crippen LogP contribution in [-0.4, -0.2) is 59.0 Å². The van der Waals surface area contributed by atoms with Gasteiger partial charge in [0.2, 0.25) is 5.91 Å². The molecule has 1 aromatic heterocycles. The number of carbonyl (C=O) groups is 1. The number of nitrogens with zero attached hydrogens (tertiary/aromatic N) is 3. The van der Waals surface area contributed by atoms with E-state index < -0.39 is 0 Å². The van der Waals surface area contributed by atoms with Crippen LogP contribution in [0.3, 0.4) is 0 Å². The van der Waals surface area contributed by atoms with Crippen molar-refractivity contribution in [3.05, 3.63) is 18.0 Å². The highest BCUT2D eigenvalue weighted by Crippen LogP contribution is 2.35. The van der Waals surface area contributed by atoms with Crippen molar-refractivity contribution in [3.63, 3.8) is 0 Å². The van der Waals surface area contributed by atoms with Crippen molar-refractivity contribution in [2.45, 2.75) is 56.6 Å². The number of nitrogens with one attached hydrogen (secondary N) is 1. The fraction of sp³-hybridized carbons (Fsp3) is 0.778. The fourth-order valence-electron chi connectivity index (χ4n) is 4.41. The Morgan fingerprint density at radius 3 is 3.04 bits per heavy atom. The van der Waals surface area contributed by atoms with E-state index in [4.69, 9.17) is 4.74 Å². The zero-order valence-corrected chi connectivity index (χ0v) is 14.4. The van der Waals surface area contributed by atoms with Crippen LogP contribution < -0.4 is 5.32 Å². The maximum absolute atomic E-state index is 12.7. The minimum Gasteiger partial charge on any atom is -0.371 e. The lowest BCUT2D eigenvalue weighted by Crippen LogP contribution is -2.53. The van der Waals surface area contributed by atoms with Gasteiger partial charge < -0.3 is 15.0 Å². The van der Waals surface area contributed by atoms with Crippen molar-refractivity contribution in [1.82, 2.24) is 20.0 Å². The summed E-state index contributed by atoms with van der Waals surface area (Å²) in [5.41, 5.74) is 1.06. The van der Waals surface area contributed by atoms with Crippen LogP contribution in [0.1, 0.15) is 50.1 Å². The predicted molar refractivity (Wildman–Crippen MR) is 90.8 cm³/mol. The van der Waals surface area contributed by atoms with Gasteiger partial charge in [-0.25, -0.2) is 0 Å². The molecule has 0 aromatic carbocycles. The van der Waals surface area contributed by atoms with Gasteiger partial charge in [0, 0.05) is 31.7 Å². The maximum Gasteiger partial charge on any atom is 0.244 e. The van der Waals surface area contributed by atoms with Crippen LogP contribution in [-0.2, 0) is 16.1 Å². The van der Waals surface area contributed by atoms with Gasteiger partial charge in [-0.1, -0.05) is 12.8 Å². The molecular weight excluding hydrogens is 304 g/mol. The number of aromatic nitrogens is 2. The predicted octanol–water partition coefficient (Wildman–Crippen LogP) is 1.52. The second-order valence-electron chi connectivity index (χ2n) is 7.54. The second-order valence-corrected chi connectivity index (χ2v) is 7.54. The Hall–Kier alpha value is -1.40. The molecule has 0 bridgehead atoms. The number of piperidine rings is 1. The van der Waals surface area contributed by atoms with Crippen LogP contribution in [0.2, 0.25) is 0 Å². The average molecular weight is 332 g/mol. The van der Waals surface area contributed by atoms with Gasteiger partial charge >= 0.3 is 0 Å². The van der Waals surface area contributed by atoms with Crippen molar-refractivity contribution in [1.29, 1.82) is 0 Å². The Kier molecular flexibility index (Phi) is 4.59. The molecule has 1 aliphatic carbocycles. The molecule has 6 nitrogen and oxygen atoms in total. The first-order chi connectivity index (χ1) is 11.7. The Morgan fingerprint density at radius 2 is 2.25 bits per heavy atom. The molecule has 1 amide bonds. The minimum absolute atomic E-state index is 0.0586. The lowest BCUT2D eigenvalue weighted by Gasteiger charge is -2.40. The van der Waals surface area contributed by atoms with Crippen molar-refractivity contribution in [2.75, 3.05) is 32.8 Å². The van der Waals surface area contributed by atoms with E-state index in [2.05, 4.69) is 16.5 Å². The van der Waals surface area contributed by atoms with Crippen molar-refractivity contribution in [2.24, 2.45) is 0 Å². The van der Waals surface area contributed by atoms with Crippen LogP contribution >= 0.6 is 0 Å². The molecule has 2 aliphatic heterocycles. The number of hydrogen-bond donors (Lipinski definition) is 1. The van der Waals surface area contributed by atoms with E-state index in [0.717, 1.165) is 38.2 Å². The zero-order valence-electron chi connectivity index (χ0n) is 14.4. The van der Waals surface area contributed by atoms with E-state index >= 15 is 0 Å². The summed E-state index contributed by atoms with van der Waals surface area (Å²) in [6.07, 6.45) is 8.97. The van der Waals surface area contributed by atoms with E-state index in [1.54, 1.807) is 0 Å². The first-order valence-corrected chi connectivity index (χ1v) is 9.40. The molecule has 1 N–H and O–H groups in total. The normalized spacial score (nSPS) is 26.8. The van der Waals surface area contributed by atoms with Crippen molar-refractivity contribution >= 4 is 5.91 Å². The summed E-state index contributed by atoms with van der Waals surface area (Å²) >= 11 is 0. The van der Waals surface area contributed by atoms with E-state index in [9.17, 15) is 4.79 Å². The summed E-state index contributed by atoms with van der Waals surface area (Å²) in [7, 11) is 0. The van der Waals surface area contributed by atoms with Gasteiger partial charge in [-0.2, -0.15) is 5.10 Å². The number of rotatable bonds is 3. The molecule has 3 aliphatic rings. The van der Waals surface area contributed by atoms with Crippen LogP contribution in [0.15, 0.2) is 12.3 Å². The number of morpholine rings is 1. The molecule has 2 saturated heterocycles. The van der Waals surface area contributed by atoms with E-state index in [0.29, 0.717) is 25.6 Å². The molecular formula is C18H28N4O2. The molecule has 0 radical (unpaired) electrons. The Balaban J connectivity index is 1.36. The lowest BCUT2D eigenvalue weighted by molar-refractivity contribution is -0.150. The van der Waals surface area contributed by atoms with Gasteiger partial charge in [-0.3, -0.25) is 9.48 Å². The van der Waals surface area contributed by atoms with Crippen LogP contribution in [0, 0.1) is 0 Å². The molecule has 24 heavy (non-hydrogen) atoms. The Morgan fingerprint density at radius 1 is 1.38 bits per heavy atom. The van der Waals surface area contributed by atoms with Gasteiger partial charge in [-0.05, 0) is 38.3 Å². The standard InChI is InChI=1S/C18H28N4O2/c23-17(21-10-11-24-18(14-21)6-1-2-7-18)13-22-9-5-16(20-22)15-4-3-8-19-12-15/h5,9,15,19H,1-4,6-8,10-14H2/t15-/m0/s1. The molecule has 1 aromatic rings. The van der Waals surface area contributed by atoms with Crippen LogP contribution in [0.25, 0.3) is 0 Å². The zero-order chi connectivity index (χ0) is 16.4. The van der Waals surface area contributed by atoms with Crippen molar-refractivity contribution in [3.8, 4) is 0 Å². The average Bonchev–Trinajstić information content (AvgIpc) is 3.26. The largest absolute Gasteiger partial charge is 0.371 e. The summed E-state index contributed by atoms with van der Waals surface area (Å²) in [5.74, 6) is 0.654. The maximum atomic E-state index is 12.7. The highest BCUT2D eigenvalue weighted by Gasteiger charge is 2.40. The molecule has 1 spiro atoms. The molecule has 3 fully saturated rings. The third kappa shape index (κ3) is 3.35. The third-order valence-electron chi connectivity index (χ3n) is 5.79. The number of amides is 1. The molecule has 0 unspecified atom stereocenters. The van der Waals surface area contributed by atoms with Gasteiger partial charge in [0.1, 0.15) is 6.54 Å². The van der Waals surface area contributed by atoms with E-state index in [1.807, 2.05) is 15.8 Å². The van der Waals surface area contributed by atoms with Crippen molar-refractivity contribution < 1.29 is 9.53 Å². The van der Waals surface area contributed by atoms with Gasteiger partial charge in [0.05, 0.1) is 17.9 Å². The highest BCUT2D eigenvalue weighted by atomic mass is 16.5. The fourth-order valence-corrected chi connectivity index (χ4v) is 4.41. The molecule has 6 heteroatoms. The summed E-state index contributed by atoms with van der Waals surface area (Å²) in [4.78, 5) is 14.7. The highest BCUT2D eigenvalue weighted by molar-refractivity contribution is 5.76. The monoisotopic (exact) mass is 332 g/mol. The van der Waals surface area contributed by atoms with E-state index in [-0.39, 0.29) is 11.5 Å². The Labute approximate surface area is 143 Å². The number of ether oxygens (including phenoxy) is 1. The summed E-state index contributed by atoms with van der Waals surface area (Å²) < 4.78 is 7.83. The van der Waals surface area contributed by atoms with E-state index in [1.165, 1.54) is 25.7 Å². The van der Waals surface area contributed by atoms with Crippen LogP contribution in [0.4, 0.5) is 0 Å². The Bertz CT molecular complexity index is 573. The number of hydrogen-bond acceptors (Lipinski definition) is 4. The second kappa shape index (κ2) is 6.84. The summed E-state index contributed by atoms with van der Waals surface area (Å²) in [6.45, 7) is 4.58. The third-order valence-corrected chi connectivity index (χ3v) is 5.79. The van der Waals surface area contributed by atoms with Gasteiger partial charge in [0.15, 0.2) is 0 Å². The summed E-state index contributed by atoms with van der Waals surface area (Å²) in [6, 6.07) is 2.07. The smallest absolute Gasteiger partial charge is 0.244 e. The molecule has 4 rings (SSSR count). The molecule has 3 heterocycles. The first-order valence-electron chi connectivity index (χ1n) is 9.40. The number of carbonyl (C=O) groups excluding carboxylic acids is 1. The van der Waals surface area contributed by atoms with Crippen LogP contribution in [0.5, 0.6) is 0 Å². The topological polar surface area (TPSA) is 59.4 Å². The quantitative estimate of drug-likeness (QED) is 0.912. The SMILES string of the molecule is O=C(Cn1ccc([C@H]2CCCNC2)n1)N1CCOC2(CCCC2)C1. The van der Waals surface area contributed by atoms with Gasteiger partial charge in [-0.15, -0.1) is 0 Å². The molecule has 1 atom stereocenters.